The Balaban J connectivity index is 1.92. The van der Waals surface area contributed by atoms with E-state index in [0.29, 0.717) is 17.8 Å². The number of rotatable bonds is 1. The van der Waals surface area contributed by atoms with Crippen LogP contribution in [0.25, 0.3) is 0 Å². The zero-order chi connectivity index (χ0) is 12.6. The molecule has 4 nitrogen and oxygen atoms in total. The van der Waals surface area contributed by atoms with E-state index in [9.17, 15) is 9.90 Å². The molecule has 1 aliphatic carbocycles. The smallest absolute Gasteiger partial charge is 0.410 e. The average Bonchev–Trinajstić information content (AvgIpc) is 2.72. The average molecular weight is 241 g/mol. The molecule has 1 saturated carbocycles. The van der Waals surface area contributed by atoms with Gasteiger partial charge < -0.3 is 14.7 Å². The van der Waals surface area contributed by atoms with Crippen LogP contribution >= 0.6 is 0 Å². The van der Waals surface area contributed by atoms with E-state index < -0.39 is 5.60 Å². The second kappa shape index (κ2) is 4.48. The SMILES string of the molecule is CC(C)(C)OC(=O)N1C[C@H]2CC[C@H](CO)[C@H]2C1. The highest BCUT2D eigenvalue weighted by Crippen LogP contribution is 2.42. The van der Waals surface area contributed by atoms with Crippen molar-refractivity contribution in [3.8, 4) is 0 Å². The first-order valence-corrected chi connectivity index (χ1v) is 6.49. The molecule has 0 aromatic rings. The summed E-state index contributed by atoms with van der Waals surface area (Å²) in [4.78, 5) is 13.7. The van der Waals surface area contributed by atoms with E-state index in [0.717, 1.165) is 25.9 Å². The van der Waals surface area contributed by atoms with Crippen molar-refractivity contribution >= 4 is 6.09 Å². The molecule has 0 bridgehead atoms. The Hall–Kier alpha value is -0.770. The van der Waals surface area contributed by atoms with Crippen LogP contribution in [-0.4, -0.2) is 41.4 Å². The fourth-order valence-electron chi connectivity index (χ4n) is 3.08. The van der Waals surface area contributed by atoms with Crippen LogP contribution < -0.4 is 0 Å². The molecule has 0 aromatic carbocycles. The number of fused-ring (bicyclic) bond motifs is 1. The van der Waals surface area contributed by atoms with Crippen LogP contribution in [0.3, 0.4) is 0 Å². The van der Waals surface area contributed by atoms with E-state index in [1.807, 2.05) is 25.7 Å². The number of hydrogen-bond donors (Lipinski definition) is 1. The Bertz CT molecular complexity index is 298. The van der Waals surface area contributed by atoms with Crippen LogP contribution in [0.1, 0.15) is 33.6 Å². The summed E-state index contributed by atoms with van der Waals surface area (Å²) in [6.07, 6.45) is 2.03. The van der Waals surface area contributed by atoms with Crippen LogP contribution in [0, 0.1) is 17.8 Å². The van der Waals surface area contributed by atoms with Gasteiger partial charge in [0, 0.05) is 19.7 Å². The predicted molar refractivity (Wildman–Crippen MR) is 64.6 cm³/mol. The number of aliphatic hydroxyl groups excluding tert-OH is 1. The van der Waals surface area contributed by atoms with Gasteiger partial charge in [-0.25, -0.2) is 4.79 Å². The first-order valence-electron chi connectivity index (χ1n) is 6.49. The molecule has 1 saturated heterocycles. The van der Waals surface area contributed by atoms with Crippen LogP contribution in [-0.2, 0) is 4.74 Å². The molecule has 1 amide bonds. The first-order chi connectivity index (χ1) is 7.90. The van der Waals surface area contributed by atoms with Gasteiger partial charge in [0.1, 0.15) is 5.60 Å². The molecule has 4 heteroatoms. The second-order valence-electron chi connectivity index (χ2n) is 6.33. The minimum absolute atomic E-state index is 0.205. The van der Waals surface area contributed by atoms with Gasteiger partial charge in [-0.05, 0) is 51.4 Å². The highest BCUT2D eigenvalue weighted by molar-refractivity contribution is 5.68. The van der Waals surface area contributed by atoms with Gasteiger partial charge >= 0.3 is 6.09 Å². The number of carbonyl (C=O) groups excluding carboxylic acids is 1. The molecule has 0 aromatic heterocycles. The summed E-state index contributed by atoms with van der Waals surface area (Å²) in [5.41, 5.74) is -0.425. The Morgan fingerprint density at radius 2 is 2.06 bits per heavy atom. The standard InChI is InChI=1S/C13H23NO3/c1-13(2,3)17-12(16)14-6-9-4-5-10(8-15)11(9)7-14/h9-11,15H,4-8H2,1-3H3/t9-,10-,11+/m1/s1. The maximum absolute atomic E-state index is 11.9. The molecule has 0 unspecified atom stereocenters. The molecule has 1 aliphatic heterocycles. The highest BCUT2D eigenvalue weighted by Gasteiger charge is 2.44. The maximum atomic E-state index is 11.9. The first kappa shape index (κ1) is 12.7. The predicted octanol–water partition coefficient (Wildman–Crippen LogP) is 1.87. The number of ether oxygens (including phenoxy) is 1. The van der Waals surface area contributed by atoms with Gasteiger partial charge in [-0.2, -0.15) is 0 Å². The van der Waals surface area contributed by atoms with Gasteiger partial charge in [0.2, 0.25) is 0 Å². The van der Waals surface area contributed by atoms with Crippen molar-refractivity contribution in [2.75, 3.05) is 19.7 Å². The normalized spacial score (nSPS) is 32.7. The molecule has 98 valence electrons. The second-order valence-corrected chi connectivity index (χ2v) is 6.33. The van der Waals surface area contributed by atoms with Crippen molar-refractivity contribution in [2.24, 2.45) is 17.8 Å². The van der Waals surface area contributed by atoms with Crippen LogP contribution in [0.15, 0.2) is 0 Å². The Morgan fingerprint density at radius 3 is 2.65 bits per heavy atom. The molecule has 3 atom stereocenters. The van der Waals surface area contributed by atoms with Crippen molar-refractivity contribution in [1.29, 1.82) is 0 Å². The lowest BCUT2D eigenvalue weighted by Gasteiger charge is -2.25. The maximum Gasteiger partial charge on any atom is 0.410 e. The van der Waals surface area contributed by atoms with E-state index in [4.69, 9.17) is 4.74 Å². The highest BCUT2D eigenvalue weighted by atomic mass is 16.6. The lowest BCUT2D eigenvalue weighted by atomic mass is 9.93. The molecule has 2 rings (SSSR count). The van der Waals surface area contributed by atoms with Crippen molar-refractivity contribution < 1.29 is 14.6 Å². The van der Waals surface area contributed by atoms with Gasteiger partial charge in [-0.15, -0.1) is 0 Å². The van der Waals surface area contributed by atoms with E-state index in [1.54, 1.807) is 0 Å². The largest absolute Gasteiger partial charge is 0.444 e. The van der Waals surface area contributed by atoms with Crippen LogP contribution in [0.5, 0.6) is 0 Å². The summed E-state index contributed by atoms with van der Waals surface area (Å²) in [7, 11) is 0. The lowest BCUT2D eigenvalue weighted by Crippen LogP contribution is -2.36. The van der Waals surface area contributed by atoms with Crippen LogP contribution in [0.2, 0.25) is 0 Å². The zero-order valence-electron chi connectivity index (χ0n) is 11.0. The molecular weight excluding hydrogens is 218 g/mol. The van der Waals surface area contributed by atoms with E-state index in [1.165, 1.54) is 0 Å². The number of amides is 1. The molecule has 1 N–H and O–H groups in total. The minimum Gasteiger partial charge on any atom is -0.444 e. The Kier molecular flexibility index (Phi) is 3.34. The number of carbonyl (C=O) groups is 1. The summed E-state index contributed by atoms with van der Waals surface area (Å²) < 4.78 is 5.38. The van der Waals surface area contributed by atoms with Gasteiger partial charge in [-0.1, -0.05) is 0 Å². The minimum atomic E-state index is -0.425. The monoisotopic (exact) mass is 241 g/mol. The summed E-state index contributed by atoms with van der Waals surface area (Å²) >= 11 is 0. The molecule has 17 heavy (non-hydrogen) atoms. The number of likely N-dealkylation sites (tertiary alicyclic amines) is 1. The third kappa shape index (κ3) is 2.73. The van der Waals surface area contributed by atoms with Crippen LogP contribution in [0.4, 0.5) is 4.79 Å². The molecule has 1 heterocycles. The molecular formula is C13H23NO3. The van der Waals surface area contributed by atoms with Crippen molar-refractivity contribution in [3.63, 3.8) is 0 Å². The summed E-state index contributed by atoms with van der Waals surface area (Å²) in [5.74, 6) is 1.43. The zero-order valence-corrected chi connectivity index (χ0v) is 11.0. The fourth-order valence-corrected chi connectivity index (χ4v) is 3.08. The summed E-state index contributed by atoms with van der Waals surface area (Å²) in [5, 5.41) is 9.29. The van der Waals surface area contributed by atoms with Crippen molar-refractivity contribution in [2.45, 2.75) is 39.2 Å². The lowest BCUT2D eigenvalue weighted by molar-refractivity contribution is 0.0272. The van der Waals surface area contributed by atoms with E-state index in [-0.39, 0.29) is 12.7 Å². The third-order valence-corrected chi connectivity index (χ3v) is 3.89. The van der Waals surface area contributed by atoms with Gasteiger partial charge in [0.05, 0.1) is 0 Å². The molecule has 0 radical (unpaired) electrons. The quantitative estimate of drug-likeness (QED) is 0.762. The van der Waals surface area contributed by atoms with E-state index in [2.05, 4.69) is 0 Å². The third-order valence-electron chi connectivity index (χ3n) is 3.89. The van der Waals surface area contributed by atoms with Crippen molar-refractivity contribution in [3.05, 3.63) is 0 Å². The van der Waals surface area contributed by atoms with Gasteiger partial charge in [0.25, 0.3) is 0 Å². The molecule has 2 fully saturated rings. The number of aliphatic hydroxyl groups is 1. The topological polar surface area (TPSA) is 49.8 Å². The molecule has 2 aliphatic rings. The fraction of sp³-hybridized carbons (Fsp3) is 0.923. The van der Waals surface area contributed by atoms with Crippen molar-refractivity contribution in [1.82, 2.24) is 4.90 Å². The van der Waals surface area contributed by atoms with Gasteiger partial charge in [0.15, 0.2) is 0 Å². The Morgan fingerprint density at radius 1 is 1.35 bits per heavy atom. The van der Waals surface area contributed by atoms with E-state index >= 15 is 0 Å². The molecule has 0 spiro atoms. The summed E-state index contributed by atoms with van der Waals surface area (Å²) in [6.45, 7) is 7.47. The number of hydrogen-bond acceptors (Lipinski definition) is 3. The Labute approximate surface area is 103 Å². The summed E-state index contributed by atoms with van der Waals surface area (Å²) in [6, 6.07) is 0. The van der Waals surface area contributed by atoms with Gasteiger partial charge in [-0.3, -0.25) is 0 Å². The number of nitrogens with zero attached hydrogens (tertiary/aromatic N) is 1.